The maximum absolute atomic E-state index is 12.4. The Bertz CT molecular complexity index is 601. The third-order valence-electron chi connectivity index (χ3n) is 2.46. The van der Waals surface area contributed by atoms with E-state index in [1.807, 2.05) is 0 Å². The minimum Gasteiger partial charge on any atom is -0.322 e. The number of hydrogen-bond donors (Lipinski definition) is 1. The molecule has 2 rings (SSSR count). The highest BCUT2D eigenvalue weighted by atomic mass is 19.4. The van der Waals surface area contributed by atoms with Crippen molar-refractivity contribution in [3.8, 4) is 0 Å². The number of hydrogen-bond acceptors (Lipinski definition) is 3. The zero-order chi connectivity index (χ0) is 13.5. The van der Waals surface area contributed by atoms with E-state index in [0.29, 0.717) is 0 Å². The van der Waals surface area contributed by atoms with Gasteiger partial charge in [0.15, 0.2) is 0 Å². The number of carbonyl (C=O) groups is 1. The van der Waals surface area contributed by atoms with E-state index < -0.39 is 23.7 Å². The Morgan fingerprint density at radius 3 is 2.67 bits per heavy atom. The number of alkyl halides is 3. The summed E-state index contributed by atoms with van der Waals surface area (Å²) in [6, 6.07) is 3.99. The standard InChI is InChI=1S/C11H10F3N3O/c1-6(15)10-16-8(9(18)11(12,13)14)7-4-2-3-5-17(7)10/h2-6H,15H2,1H3. The Morgan fingerprint density at radius 1 is 1.44 bits per heavy atom. The van der Waals surface area contributed by atoms with Crippen LogP contribution in [0.15, 0.2) is 24.4 Å². The largest absolute Gasteiger partial charge is 0.456 e. The van der Waals surface area contributed by atoms with Crippen LogP contribution >= 0.6 is 0 Å². The topological polar surface area (TPSA) is 60.4 Å². The Balaban J connectivity index is 2.69. The van der Waals surface area contributed by atoms with Crippen molar-refractivity contribution in [1.82, 2.24) is 9.38 Å². The van der Waals surface area contributed by atoms with Gasteiger partial charge in [-0.1, -0.05) is 6.07 Å². The Hall–Kier alpha value is -1.89. The number of rotatable bonds is 2. The third kappa shape index (κ3) is 1.97. The molecule has 2 aromatic rings. The summed E-state index contributed by atoms with van der Waals surface area (Å²) in [7, 11) is 0. The molecule has 0 saturated carbocycles. The Morgan fingerprint density at radius 2 is 2.11 bits per heavy atom. The van der Waals surface area contributed by atoms with E-state index in [1.165, 1.54) is 22.7 Å². The van der Waals surface area contributed by atoms with Crippen molar-refractivity contribution in [2.75, 3.05) is 0 Å². The Kier molecular flexibility index (Phi) is 2.86. The fourth-order valence-electron chi connectivity index (χ4n) is 1.68. The van der Waals surface area contributed by atoms with Crippen LogP contribution in [0.1, 0.15) is 29.3 Å². The number of nitrogens with two attached hydrogens (primary N) is 1. The van der Waals surface area contributed by atoms with Gasteiger partial charge in [-0.05, 0) is 19.1 Å². The van der Waals surface area contributed by atoms with Gasteiger partial charge in [-0.25, -0.2) is 4.98 Å². The van der Waals surface area contributed by atoms with Crippen molar-refractivity contribution in [3.63, 3.8) is 0 Å². The average Bonchev–Trinajstić information content (AvgIpc) is 2.66. The summed E-state index contributed by atoms with van der Waals surface area (Å²) in [5.74, 6) is -1.74. The lowest BCUT2D eigenvalue weighted by atomic mass is 10.2. The summed E-state index contributed by atoms with van der Waals surface area (Å²) in [6.45, 7) is 1.59. The van der Waals surface area contributed by atoms with E-state index in [1.54, 1.807) is 13.0 Å². The first kappa shape index (κ1) is 12.6. The van der Waals surface area contributed by atoms with Gasteiger partial charge in [0.1, 0.15) is 11.5 Å². The number of ketones is 1. The van der Waals surface area contributed by atoms with Crippen molar-refractivity contribution in [3.05, 3.63) is 35.9 Å². The van der Waals surface area contributed by atoms with E-state index in [9.17, 15) is 18.0 Å². The SMILES string of the molecule is CC(N)c1nc(C(=O)C(F)(F)F)c2ccccn12. The molecule has 7 heteroatoms. The highest BCUT2D eigenvalue weighted by Crippen LogP contribution is 2.25. The van der Waals surface area contributed by atoms with E-state index >= 15 is 0 Å². The number of imidazole rings is 1. The van der Waals surface area contributed by atoms with Crippen molar-refractivity contribution >= 4 is 11.3 Å². The van der Waals surface area contributed by atoms with E-state index in [0.717, 1.165) is 0 Å². The highest BCUT2D eigenvalue weighted by molar-refractivity contribution is 6.04. The molecule has 1 unspecified atom stereocenters. The minimum absolute atomic E-state index is 0.104. The molecule has 0 spiro atoms. The smallest absolute Gasteiger partial charge is 0.322 e. The van der Waals surface area contributed by atoms with Gasteiger partial charge in [-0.3, -0.25) is 4.79 Å². The minimum atomic E-state index is -4.94. The maximum atomic E-state index is 12.4. The van der Waals surface area contributed by atoms with Crippen LogP contribution in [0.2, 0.25) is 0 Å². The van der Waals surface area contributed by atoms with E-state index in [4.69, 9.17) is 5.73 Å². The number of fused-ring (bicyclic) bond motifs is 1. The number of pyridine rings is 1. The molecule has 0 aliphatic carbocycles. The predicted octanol–water partition coefficient (Wildman–Crippen LogP) is 2.10. The lowest BCUT2D eigenvalue weighted by Crippen LogP contribution is -2.23. The van der Waals surface area contributed by atoms with Crippen LogP contribution in [0.5, 0.6) is 0 Å². The van der Waals surface area contributed by atoms with Crippen LogP contribution in [0.3, 0.4) is 0 Å². The molecule has 0 fully saturated rings. The number of Topliss-reactive ketones (excluding diaryl/α,β-unsaturated/α-hetero) is 1. The van der Waals surface area contributed by atoms with Crippen LogP contribution in [0, 0.1) is 0 Å². The second-order valence-corrected chi connectivity index (χ2v) is 3.89. The molecule has 18 heavy (non-hydrogen) atoms. The number of nitrogens with zero attached hydrogens (tertiary/aromatic N) is 2. The van der Waals surface area contributed by atoms with Crippen LogP contribution in [0.4, 0.5) is 13.2 Å². The molecule has 0 radical (unpaired) electrons. The molecular weight excluding hydrogens is 247 g/mol. The van der Waals surface area contributed by atoms with Gasteiger partial charge in [0.25, 0.3) is 5.78 Å². The molecule has 2 N–H and O–H groups in total. The molecule has 1 atom stereocenters. The van der Waals surface area contributed by atoms with E-state index in [2.05, 4.69) is 4.98 Å². The fraction of sp³-hybridized carbons (Fsp3) is 0.273. The second-order valence-electron chi connectivity index (χ2n) is 3.89. The van der Waals surface area contributed by atoms with Crippen molar-refractivity contribution in [2.24, 2.45) is 5.73 Å². The predicted molar refractivity (Wildman–Crippen MR) is 58.2 cm³/mol. The molecule has 0 bridgehead atoms. The van der Waals surface area contributed by atoms with Gasteiger partial charge in [0.2, 0.25) is 0 Å². The van der Waals surface area contributed by atoms with Crippen LogP contribution in [-0.2, 0) is 0 Å². The first-order valence-corrected chi connectivity index (χ1v) is 5.16. The quantitative estimate of drug-likeness (QED) is 0.838. The highest BCUT2D eigenvalue weighted by Gasteiger charge is 2.42. The monoisotopic (exact) mass is 257 g/mol. The van der Waals surface area contributed by atoms with Crippen molar-refractivity contribution < 1.29 is 18.0 Å². The van der Waals surface area contributed by atoms with Crippen molar-refractivity contribution in [2.45, 2.75) is 19.1 Å². The van der Waals surface area contributed by atoms with Gasteiger partial charge >= 0.3 is 6.18 Å². The summed E-state index contributed by atoms with van der Waals surface area (Å²) in [5, 5.41) is 0. The average molecular weight is 257 g/mol. The van der Waals surface area contributed by atoms with Crippen molar-refractivity contribution in [1.29, 1.82) is 0 Å². The third-order valence-corrected chi connectivity index (χ3v) is 2.46. The molecule has 4 nitrogen and oxygen atoms in total. The van der Waals surface area contributed by atoms with Gasteiger partial charge in [-0.2, -0.15) is 13.2 Å². The summed E-state index contributed by atoms with van der Waals surface area (Å²) in [6.07, 6.45) is -3.42. The summed E-state index contributed by atoms with van der Waals surface area (Å²) >= 11 is 0. The fourth-order valence-corrected chi connectivity index (χ4v) is 1.68. The molecule has 96 valence electrons. The maximum Gasteiger partial charge on any atom is 0.456 e. The number of carbonyl (C=O) groups excluding carboxylic acids is 1. The zero-order valence-corrected chi connectivity index (χ0v) is 9.40. The molecule has 0 aliphatic heterocycles. The first-order chi connectivity index (χ1) is 8.32. The lowest BCUT2D eigenvalue weighted by molar-refractivity contribution is -0.0887. The van der Waals surface area contributed by atoms with Gasteiger partial charge in [0, 0.05) is 6.20 Å². The normalized spacial score (nSPS) is 13.8. The van der Waals surface area contributed by atoms with Crippen LogP contribution in [0.25, 0.3) is 5.52 Å². The molecule has 0 aliphatic rings. The number of aromatic nitrogens is 2. The zero-order valence-electron chi connectivity index (χ0n) is 9.40. The molecule has 2 heterocycles. The van der Waals surface area contributed by atoms with Crippen LogP contribution < -0.4 is 5.73 Å². The van der Waals surface area contributed by atoms with Crippen LogP contribution in [-0.4, -0.2) is 21.3 Å². The molecule has 0 amide bonds. The van der Waals surface area contributed by atoms with Gasteiger partial charge < -0.3 is 10.1 Å². The molecule has 2 aromatic heterocycles. The lowest BCUT2D eigenvalue weighted by Gasteiger charge is -2.02. The second kappa shape index (κ2) is 4.09. The first-order valence-electron chi connectivity index (χ1n) is 5.16. The summed E-state index contributed by atoms with van der Waals surface area (Å²) in [4.78, 5) is 15.0. The van der Waals surface area contributed by atoms with Gasteiger partial charge in [0.05, 0.1) is 11.6 Å². The van der Waals surface area contributed by atoms with Gasteiger partial charge in [-0.15, -0.1) is 0 Å². The molecular formula is C11H10F3N3O. The molecule has 0 aromatic carbocycles. The summed E-state index contributed by atoms with van der Waals surface area (Å²) < 4.78 is 38.7. The summed E-state index contributed by atoms with van der Waals surface area (Å²) in [5.41, 5.74) is 5.11. The molecule has 0 saturated heterocycles. The number of halogens is 3. The van der Waals surface area contributed by atoms with E-state index in [-0.39, 0.29) is 11.3 Å². The Labute approximate surface area is 100 Å².